The van der Waals surface area contributed by atoms with E-state index < -0.39 is 5.97 Å². The first-order valence-corrected chi connectivity index (χ1v) is 11.4. The molecule has 2 aromatic carbocycles. The van der Waals surface area contributed by atoms with Gasteiger partial charge in [0.1, 0.15) is 10.8 Å². The highest BCUT2D eigenvalue weighted by Crippen LogP contribution is 2.38. The minimum absolute atomic E-state index is 0.0227. The van der Waals surface area contributed by atoms with E-state index in [0.717, 1.165) is 46.5 Å². The van der Waals surface area contributed by atoms with E-state index in [1.54, 1.807) is 12.1 Å². The van der Waals surface area contributed by atoms with Crippen LogP contribution in [0, 0.1) is 11.8 Å². The van der Waals surface area contributed by atoms with Crippen LogP contribution in [0.1, 0.15) is 32.1 Å². The maximum absolute atomic E-state index is 12.6. The van der Waals surface area contributed by atoms with Gasteiger partial charge < -0.3 is 4.74 Å². The molecule has 0 spiro atoms. The maximum atomic E-state index is 12.6. The van der Waals surface area contributed by atoms with Crippen LogP contribution < -0.4 is 4.74 Å². The number of hydrogen-bond acceptors (Lipinski definition) is 6. The van der Waals surface area contributed by atoms with Gasteiger partial charge in [-0.1, -0.05) is 37.1 Å². The highest BCUT2D eigenvalue weighted by atomic mass is 32.1. The van der Waals surface area contributed by atoms with Gasteiger partial charge in [0, 0.05) is 6.54 Å². The van der Waals surface area contributed by atoms with Crippen LogP contribution >= 0.6 is 11.3 Å². The van der Waals surface area contributed by atoms with Crippen LogP contribution in [0.5, 0.6) is 5.75 Å². The van der Waals surface area contributed by atoms with Gasteiger partial charge in [-0.25, -0.2) is 4.98 Å². The van der Waals surface area contributed by atoms with Crippen LogP contribution in [0.3, 0.4) is 0 Å². The number of ether oxygens (including phenoxy) is 1. The number of nitrogens with zero attached hydrogens (tertiary/aromatic N) is 2. The van der Waals surface area contributed by atoms with E-state index in [2.05, 4.69) is 4.98 Å². The number of amides is 2. The third kappa shape index (κ3) is 3.74. The van der Waals surface area contributed by atoms with Gasteiger partial charge in [0.05, 0.1) is 34.0 Å². The van der Waals surface area contributed by atoms with Gasteiger partial charge in [0.2, 0.25) is 11.8 Å². The van der Waals surface area contributed by atoms with Crippen molar-refractivity contribution in [1.29, 1.82) is 0 Å². The Morgan fingerprint density at radius 3 is 2.42 bits per heavy atom. The molecule has 7 heteroatoms. The smallest absolute Gasteiger partial charge is 0.313 e. The van der Waals surface area contributed by atoms with Crippen molar-refractivity contribution in [3.05, 3.63) is 48.5 Å². The largest absolute Gasteiger partial charge is 0.426 e. The van der Waals surface area contributed by atoms with Gasteiger partial charge in [-0.3, -0.25) is 19.3 Å². The number of thiazole rings is 1. The SMILES string of the molecule is O=C(CCN1C(=O)C2CCCCC2C1=O)Oc1ccccc1-c1nc2ccccc2s1. The second-order valence-corrected chi connectivity index (χ2v) is 9.06. The summed E-state index contributed by atoms with van der Waals surface area (Å²) >= 11 is 1.54. The van der Waals surface area contributed by atoms with Gasteiger partial charge in [0.25, 0.3) is 0 Å². The average Bonchev–Trinajstić information content (AvgIpc) is 3.32. The Labute approximate surface area is 183 Å². The monoisotopic (exact) mass is 434 g/mol. The van der Waals surface area contributed by atoms with Crippen molar-refractivity contribution in [2.45, 2.75) is 32.1 Å². The third-order valence-electron chi connectivity index (χ3n) is 6.11. The number of aromatic nitrogens is 1. The fraction of sp³-hybridized carbons (Fsp3) is 0.333. The molecule has 6 nitrogen and oxygen atoms in total. The van der Waals surface area contributed by atoms with E-state index >= 15 is 0 Å². The number of hydrogen-bond donors (Lipinski definition) is 0. The van der Waals surface area contributed by atoms with Crippen LogP contribution in [0.15, 0.2) is 48.5 Å². The molecule has 2 amide bonds. The summed E-state index contributed by atoms with van der Waals surface area (Å²) in [5.41, 5.74) is 1.65. The molecule has 1 aliphatic carbocycles. The molecule has 1 aromatic heterocycles. The lowest BCUT2D eigenvalue weighted by Crippen LogP contribution is -2.33. The maximum Gasteiger partial charge on any atom is 0.313 e. The Bertz CT molecular complexity index is 1110. The van der Waals surface area contributed by atoms with Crippen molar-refractivity contribution in [2.24, 2.45) is 11.8 Å². The molecule has 31 heavy (non-hydrogen) atoms. The molecule has 1 saturated carbocycles. The number of likely N-dealkylation sites (tertiary alicyclic amines) is 1. The predicted molar refractivity (Wildman–Crippen MR) is 117 cm³/mol. The first kappa shape index (κ1) is 19.9. The lowest BCUT2D eigenvalue weighted by molar-refractivity contribution is -0.141. The van der Waals surface area contributed by atoms with Crippen LogP contribution in [0.25, 0.3) is 20.8 Å². The summed E-state index contributed by atoms with van der Waals surface area (Å²) in [5.74, 6) is -0.688. The van der Waals surface area contributed by atoms with Gasteiger partial charge >= 0.3 is 5.97 Å². The number of para-hydroxylation sites is 2. The quantitative estimate of drug-likeness (QED) is 0.337. The normalized spacial score (nSPS) is 20.8. The van der Waals surface area contributed by atoms with E-state index in [4.69, 9.17) is 4.74 Å². The van der Waals surface area contributed by atoms with Crippen molar-refractivity contribution in [3.8, 4) is 16.3 Å². The van der Waals surface area contributed by atoms with Crippen molar-refractivity contribution in [3.63, 3.8) is 0 Å². The molecule has 2 aliphatic rings. The summed E-state index contributed by atoms with van der Waals surface area (Å²) in [5, 5.41) is 0.776. The van der Waals surface area contributed by atoms with E-state index in [0.29, 0.717) is 5.75 Å². The number of imide groups is 1. The number of benzene rings is 2. The Morgan fingerprint density at radius 1 is 1.00 bits per heavy atom. The van der Waals surface area contributed by atoms with Crippen LogP contribution in [0.2, 0.25) is 0 Å². The zero-order valence-corrected chi connectivity index (χ0v) is 17.8. The fourth-order valence-electron chi connectivity index (χ4n) is 4.55. The number of carbonyl (C=O) groups excluding carboxylic acids is 3. The number of fused-ring (bicyclic) bond motifs is 2. The third-order valence-corrected chi connectivity index (χ3v) is 7.18. The molecule has 2 unspecified atom stereocenters. The number of esters is 1. The summed E-state index contributed by atoms with van der Waals surface area (Å²) < 4.78 is 6.68. The summed E-state index contributed by atoms with van der Waals surface area (Å²) in [7, 11) is 0. The second-order valence-electron chi connectivity index (χ2n) is 8.03. The minimum Gasteiger partial charge on any atom is -0.426 e. The Kier molecular flexibility index (Phi) is 5.28. The Balaban J connectivity index is 1.28. The van der Waals surface area contributed by atoms with E-state index in [9.17, 15) is 14.4 Å². The van der Waals surface area contributed by atoms with E-state index in [1.165, 1.54) is 16.2 Å². The summed E-state index contributed by atoms with van der Waals surface area (Å²) in [6.45, 7) is 0.0762. The first-order valence-electron chi connectivity index (χ1n) is 10.6. The predicted octanol–water partition coefficient (Wildman–Crippen LogP) is 4.43. The summed E-state index contributed by atoms with van der Waals surface area (Å²) in [4.78, 5) is 43.7. The lowest BCUT2D eigenvalue weighted by atomic mass is 9.81. The zero-order chi connectivity index (χ0) is 21.4. The summed E-state index contributed by atoms with van der Waals surface area (Å²) in [6, 6.07) is 15.2. The molecule has 5 rings (SSSR count). The standard InChI is InChI=1S/C24H22N2O4S/c27-21(13-14-26-23(28)15-7-1-2-8-16(15)24(26)29)30-19-11-5-3-9-17(19)22-25-18-10-4-6-12-20(18)31-22/h3-6,9-12,15-16H,1-2,7-8,13-14H2. The molecular weight excluding hydrogens is 412 g/mol. The number of rotatable bonds is 5. The van der Waals surface area contributed by atoms with Gasteiger partial charge in [-0.15, -0.1) is 11.3 Å². The molecule has 158 valence electrons. The molecule has 2 heterocycles. The molecule has 0 radical (unpaired) electrons. The molecule has 0 bridgehead atoms. The Hall–Kier alpha value is -3.06. The van der Waals surface area contributed by atoms with Crippen LogP contribution in [-0.2, 0) is 14.4 Å². The second kappa shape index (κ2) is 8.23. The molecule has 2 atom stereocenters. The minimum atomic E-state index is -0.468. The van der Waals surface area contributed by atoms with Crippen molar-refractivity contribution in [2.75, 3.05) is 6.54 Å². The number of carbonyl (C=O) groups is 3. The van der Waals surface area contributed by atoms with E-state index in [1.807, 2.05) is 36.4 Å². The molecule has 2 fully saturated rings. The van der Waals surface area contributed by atoms with E-state index in [-0.39, 0.29) is 36.6 Å². The molecule has 3 aromatic rings. The van der Waals surface area contributed by atoms with Gasteiger partial charge in [-0.05, 0) is 37.1 Å². The van der Waals surface area contributed by atoms with Crippen LogP contribution in [-0.4, -0.2) is 34.2 Å². The molecular formula is C24H22N2O4S. The van der Waals surface area contributed by atoms with Crippen molar-refractivity contribution < 1.29 is 19.1 Å². The van der Waals surface area contributed by atoms with Crippen molar-refractivity contribution >= 4 is 39.3 Å². The highest BCUT2D eigenvalue weighted by Gasteiger charge is 2.47. The first-order chi connectivity index (χ1) is 15.1. The van der Waals surface area contributed by atoms with Crippen molar-refractivity contribution in [1.82, 2.24) is 9.88 Å². The lowest BCUT2D eigenvalue weighted by Gasteiger charge is -2.19. The summed E-state index contributed by atoms with van der Waals surface area (Å²) in [6.07, 6.45) is 3.49. The highest BCUT2D eigenvalue weighted by molar-refractivity contribution is 7.21. The molecule has 1 aliphatic heterocycles. The molecule has 0 N–H and O–H groups in total. The topological polar surface area (TPSA) is 76.6 Å². The van der Waals surface area contributed by atoms with Crippen LogP contribution in [0.4, 0.5) is 0 Å². The van der Waals surface area contributed by atoms with Gasteiger partial charge in [0.15, 0.2) is 0 Å². The average molecular weight is 435 g/mol. The molecule has 1 saturated heterocycles. The zero-order valence-electron chi connectivity index (χ0n) is 17.0. The Morgan fingerprint density at radius 2 is 1.68 bits per heavy atom. The fourth-order valence-corrected chi connectivity index (χ4v) is 5.54. The van der Waals surface area contributed by atoms with Gasteiger partial charge in [-0.2, -0.15) is 0 Å².